The largest absolute Gasteiger partial charge is 0.623 e. The van der Waals surface area contributed by atoms with E-state index < -0.39 is 8.97 Å². The van der Waals surface area contributed by atoms with Crippen molar-refractivity contribution >= 4 is 19.4 Å². The van der Waals surface area contributed by atoms with Crippen LogP contribution in [0.2, 0.25) is 0 Å². The first-order valence-corrected chi connectivity index (χ1v) is 5.74. The average molecular weight is 193 g/mol. The molecule has 0 bridgehead atoms. The van der Waals surface area contributed by atoms with Crippen LogP contribution in [0, 0.1) is 0 Å². The van der Waals surface area contributed by atoms with Gasteiger partial charge in [-0.25, -0.2) is 0 Å². The summed E-state index contributed by atoms with van der Waals surface area (Å²) >= 11 is 0. The normalized spacial score (nSPS) is 11.5. The summed E-state index contributed by atoms with van der Waals surface area (Å²) in [5.41, 5.74) is 0. The lowest BCUT2D eigenvalue weighted by Gasteiger charge is -2.31. The van der Waals surface area contributed by atoms with Gasteiger partial charge in [-0.05, 0) is 6.20 Å². The molecule has 6 heteroatoms. The van der Waals surface area contributed by atoms with Crippen LogP contribution < -0.4 is 0 Å². The molecule has 4 nitrogen and oxygen atoms in total. The van der Waals surface area contributed by atoms with Crippen molar-refractivity contribution in [2.45, 2.75) is 0 Å². The Morgan fingerprint density at radius 1 is 1.27 bits per heavy atom. The molecule has 0 unspecified atom stereocenters. The molecular formula is C5H15NO3Si2. The summed E-state index contributed by atoms with van der Waals surface area (Å²) in [7, 11) is 2.97. The van der Waals surface area contributed by atoms with Crippen LogP contribution in [-0.2, 0) is 13.3 Å². The molecule has 0 spiro atoms. The zero-order valence-electron chi connectivity index (χ0n) is 7.46. The third-order valence-electron chi connectivity index (χ3n) is 1.48. The van der Waals surface area contributed by atoms with Crippen LogP contribution in [-0.4, -0.2) is 44.9 Å². The average Bonchev–Trinajstić information content (AvgIpc) is 2.08. The number of nitrogens with zero attached hydrogens (tertiary/aromatic N) is 1. The minimum Gasteiger partial charge on any atom is -0.374 e. The fourth-order valence-corrected chi connectivity index (χ4v) is 4.02. The van der Waals surface area contributed by atoms with Gasteiger partial charge in [-0.2, -0.15) is 0 Å². The summed E-state index contributed by atoms with van der Waals surface area (Å²) in [5.74, 6) is 0. The lowest BCUT2D eigenvalue weighted by Crippen LogP contribution is -2.56. The second-order valence-corrected chi connectivity index (χ2v) is 6.77. The molecule has 0 saturated carbocycles. The van der Waals surface area contributed by atoms with Gasteiger partial charge in [0.1, 0.15) is 10.4 Å². The summed E-state index contributed by atoms with van der Waals surface area (Å²) < 4.78 is 17.4. The van der Waals surface area contributed by atoms with Crippen LogP contribution in [0.1, 0.15) is 0 Å². The van der Waals surface area contributed by atoms with Gasteiger partial charge in [0.05, 0.1) is 0 Å². The third-order valence-corrected chi connectivity index (χ3v) is 6.08. The van der Waals surface area contributed by atoms with Crippen molar-refractivity contribution in [2.75, 3.05) is 21.3 Å². The van der Waals surface area contributed by atoms with E-state index in [1.165, 1.54) is 0 Å². The molecule has 0 aromatic heterocycles. The molecule has 11 heavy (non-hydrogen) atoms. The third kappa shape index (κ3) is 2.14. The standard InChI is InChI=1S/C5H15NO3Si2/c1-5-6(10)11(7-2,8-3)9-4/h5H,1H2,2-4,10H3. The van der Waals surface area contributed by atoms with E-state index >= 15 is 0 Å². The molecule has 0 N–H and O–H groups in total. The zero-order valence-corrected chi connectivity index (χ0v) is 10.5. The van der Waals surface area contributed by atoms with E-state index in [-0.39, 0.29) is 0 Å². The fraction of sp³-hybridized carbons (Fsp3) is 0.600. The number of hydrogen-bond acceptors (Lipinski definition) is 4. The molecule has 0 aromatic carbocycles. The molecule has 0 aliphatic rings. The summed E-state index contributed by atoms with van der Waals surface area (Å²) in [6, 6.07) is 0. The minimum absolute atomic E-state index is 0.778. The van der Waals surface area contributed by atoms with Gasteiger partial charge in [-0.1, -0.05) is 6.58 Å². The van der Waals surface area contributed by atoms with Crippen molar-refractivity contribution in [3.8, 4) is 0 Å². The Kier molecular flexibility index (Phi) is 4.61. The maximum Gasteiger partial charge on any atom is 0.623 e. The molecule has 0 rings (SSSR count). The maximum atomic E-state index is 5.17. The molecule has 0 aliphatic heterocycles. The Balaban J connectivity index is 4.38. The van der Waals surface area contributed by atoms with E-state index in [0.717, 1.165) is 10.4 Å². The highest BCUT2D eigenvalue weighted by Gasteiger charge is 2.42. The lowest BCUT2D eigenvalue weighted by molar-refractivity contribution is 0.0943. The molecule has 0 saturated heterocycles. The highest BCUT2D eigenvalue weighted by molar-refractivity contribution is 6.63. The molecule has 0 amide bonds. The van der Waals surface area contributed by atoms with Crippen LogP contribution in [0.4, 0.5) is 0 Å². The molecule has 0 heterocycles. The Bertz CT molecular complexity index is 121. The van der Waals surface area contributed by atoms with Gasteiger partial charge in [-0.15, -0.1) is 0 Å². The topological polar surface area (TPSA) is 30.9 Å². The van der Waals surface area contributed by atoms with Gasteiger partial charge in [0.25, 0.3) is 0 Å². The van der Waals surface area contributed by atoms with Gasteiger partial charge in [0.2, 0.25) is 0 Å². The van der Waals surface area contributed by atoms with Gasteiger partial charge < -0.3 is 17.5 Å². The van der Waals surface area contributed by atoms with Gasteiger partial charge >= 0.3 is 8.97 Å². The van der Waals surface area contributed by atoms with Crippen molar-refractivity contribution < 1.29 is 13.3 Å². The molecule has 0 atom stereocenters. The number of rotatable bonds is 5. The van der Waals surface area contributed by atoms with Crippen LogP contribution in [0.25, 0.3) is 0 Å². The van der Waals surface area contributed by atoms with Crippen molar-refractivity contribution in [1.29, 1.82) is 0 Å². The molecule has 0 aliphatic carbocycles. The second kappa shape index (κ2) is 4.68. The van der Waals surface area contributed by atoms with Crippen LogP contribution in [0.3, 0.4) is 0 Å². The minimum atomic E-state index is -2.54. The molecular weight excluding hydrogens is 178 g/mol. The van der Waals surface area contributed by atoms with Crippen LogP contribution in [0.5, 0.6) is 0 Å². The van der Waals surface area contributed by atoms with Crippen LogP contribution in [0.15, 0.2) is 12.8 Å². The Labute approximate surface area is 71.7 Å². The lowest BCUT2D eigenvalue weighted by atomic mass is 11.1. The summed E-state index contributed by atoms with van der Waals surface area (Å²) in [4.78, 5) is 0. The Hall–Kier alpha value is -0.146. The highest BCUT2D eigenvalue weighted by Crippen LogP contribution is 2.09. The van der Waals surface area contributed by atoms with Gasteiger partial charge in [-0.3, -0.25) is 0 Å². The summed E-state index contributed by atoms with van der Waals surface area (Å²) in [5, 5.41) is 0. The first kappa shape index (κ1) is 10.9. The predicted molar refractivity (Wildman–Crippen MR) is 48.8 cm³/mol. The van der Waals surface area contributed by atoms with E-state index in [1.807, 2.05) is 4.23 Å². The SMILES string of the molecule is C=CN([SiH3])[Si](OC)(OC)OC. The van der Waals surface area contributed by atoms with E-state index in [1.54, 1.807) is 27.5 Å². The van der Waals surface area contributed by atoms with E-state index in [9.17, 15) is 0 Å². The van der Waals surface area contributed by atoms with E-state index in [4.69, 9.17) is 13.3 Å². The van der Waals surface area contributed by atoms with Crippen LogP contribution >= 0.6 is 0 Å². The van der Waals surface area contributed by atoms with Gasteiger partial charge in [0.15, 0.2) is 0 Å². The molecule has 0 aromatic rings. The molecule has 0 radical (unpaired) electrons. The fourth-order valence-electron chi connectivity index (χ4n) is 0.794. The van der Waals surface area contributed by atoms with Crippen molar-refractivity contribution in [1.82, 2.24) is 4.23 Å². The summed E-state index contributed by atoms with van der Waals surface area (Å²) in [6.45, 7) is 3.63. The van der Waals surface area contributed by atoms with Crippen molar-refractivity contribution in [2.24, 2.45) is 0 Å². The second-order valence-electron chi connectivity index (χ2n) is 1.93. The predicted octanol–water partition coefficient (Wildman–Crippen LogP) is -0.913. The monoisotopic (exact) mass is 193 g/mol. The van der Waals surface area contributed by atoms with Crippen molar-refractivity contribution in [3.63, 3.8) is 0 Å². The van der Waals surface area contributed by atoms with E-state index in [0.29, 0.717) is 0 Å². The molecule has 66 valence electrons. The Morgan fingerprint density at radius 2 is 1.64 bits per heavy atom. The van der Waals surface area contributed by atoms with E-state index in [2.05, 4.69) is 6.58 Å². The Morgan fingerprint density at radius 3 is 1.73 bits per heavy atom. The zero-order chi connectivity index (χ0) is 8.91. The van der Waals surface area contributed by atoms with Crippen molar-refractivity contribution in [3.05, 3.63) is 12.8 Å². The quantitative estimate of drug-likeness (QED) is 0.529. The first-order valence-electron chi connectivity index (χ1n) is 3.17. The smallest absolute Gasteiger partial charge is 0.374 e. The first-order chi connectivity index (χ1) is 5.16. The number of hydrogen-bond donors (Lipinski definition) is 0. The highest BCUT2D eigenvalue weighted by atomic mass is 28.4. The molecule has 0 fully saturated rings. The van der Waals surface area contributed by atoms with Gasteiger partial charge in [0, 0.05) is 21.3 Å². The maximum absolute atomic E-state index is 5.17. The summed E-state index contributed by atoms with van der Waals surface area (Å²) in [6.07, 6.45) is 1.68.